The van der Waals surface area contributed by atoms with Crippen molar-refractivity contribution >= 4 is 34.9 Å². The van der Waals surface area contributed by atoms with Crippen LogP contribution in [0.2, 0.25) is 5.02 Å². The zero-order valence-electron chi connectivity index (χ0n) is 16.9. The summed E-state index contributed by atoms with van der Waals surface area (Å²) in [6.07, 6.45) is 1.23. The summed E-state index contributed by atoms with van der Waals surface area (Å²) in [6.45, 7) is 4.93. The number of carbonyl (C=O) groups excluding carboxylic acids is 2. The van der Waals surface area contributed by atoms with Gasteiger partial charge in [-0.25, -0.2) is 4.79 Å². The minimum absolute atomic E-state index is 0.0660. The van der Waals surface area contributed by atoms with E-state index >= 15 is 0 Å². The Bertz CT molecular complexity index is 908. The number of piperidine rings is 1. The summed E-state index contributed by atoms with van der Waals surface area (Å²) < 4.78 is 5.32. The molecule has 0 atom stereocenters. The molecule has 2 N–H and O–H groups in total. The summed E-state index contributed by atoms with van der Waals surface area (Å²) in [7, 11) is 1.54. The minimum Gasteiger partial charge on any atom is -0.495 e. The molecule has 0 unspecified atom stereocenters. The van der Waals surface area contributed by atoms with Crippen molar-refractivity contribution in [2.24, 2.45) is 5.92 Å². The number of benzene rings is 2. The maximum atomic E-state index is 12.7. The van der Waals surface area contributed by atoms with E-state index in [9.17, 15) is 9.59 Å². The predicted molar refractivity (Wildman–Crippen MR) is 116 cm³/mol. The molecule has 29 heavy (non-hydrogen) atoms. The fraction of sp³-hybridized carbons (Fsp3) is 0.364. The van der Waals surface area contributed by atoms with Gasteiger partial charge in [-0.2, -0.15) is 0 Å². The van der Waals surface area contributed by atoms with Gasteiger partial charge in [-0.1, -0.05) is 23.7 Å². The highest BCUT2D eigenvalue weighted by molar-refractivity contribution is 6.31. The van der Waals surface area contributed by atoms with Crippen molar-refractivity contribution in [2.75, 3.05) is 30.8 Å². The highest BCUT2D eigenvalue weighted by Gasteiger charge is 2.28. The molecule has 2 aromatic rings. The van der Waals surface area contributed by atoms with E-state index in [4.69, 9.17) is 16.3 Å². The van der Waals surface area contributed by atoms with Crippen LogP contribution >= 0.6 is 11.6 Å². The number of rotatable bonds is 4. The summed E-state index contributed by atoms with van der Waals surface area (Å²) >= 11 is 6.13. The normalized spacial score (nSPS) is 14.4. The van der Waals surface area contributed by atoms with E-state index in [1.807, 2.05) is 44.2 Å². The lowest BCUT2D eigenvalue weighted by atomic mass is 9.96. The molecule has 154 valence electrons. The third kappa shape index (κ3) is 5.21. The van der Waals surface area contributed by atoms with Crippen LogP contribution in [0.1, 0.15) is 24.0 Å². The van der Waals surface area contributed by atoms with Crippen molar-refractivity contribution in [3.8, 4) is 5.75 Å². The number of ether oxygens (including phenoxy) is 1. The first kappa shape index (κ1) is 21.0. The Labute approximate surface area is 176 Å². The van der Waals surface area contributed by atoms with E-state index < -0.39 is 0 Å². The number of aryl methyl sites for hydroxylation is 2. The number of nitrogens with one attached hydrogen (secondary N) is 2. The largest absolute Gasteiger partial charge is 0.495 e. The number of methoxy groups -OCH3 is 1. The second-order valence-electron chi connectivity index (χ2n) is 7.35. The Balaban J connectivity index is 1.56. The molecule has 1 aliphatic heterocycles. The molecule has 1 heterocycles. The predicted octanol–water partition coefficient (Wildman–Crippen LogP) is 4.85. The minimum atomic E-state index is -0.154. The van der Waals surface area contributed by atoms with Gasteiger partial charge in [0, 0.05) is 35.8 Å². The summed E-state index contributed by atoms with van der Waals surface area (Å²) in [5, 5.41) is 6.46. The second kappa shape index (κ2) is 9.18. The van der Waals surface area contributed by atoms with E-state index in [2.05, 4.69) is 10.6 Å². The van der Waals surface area contributed by atoms with Gasteiger partial charge in [0.2, 0.25) is 5.91 Å². The molecule has 7 heteroatoms. The molecule has 1 saturated heterocycles. The van der Waals surface area contributed by atoms with Crippen LogP contribution in [0, 0.1) is 19.8 Å². The van der Waals surface area contributed by atoms with Crippen molar-refractivity contribution in [1.29, 1.82) is 0 Å². The summed E-state index contributed by atoms with van der Waals surface area (Å²) in [4.78, 5) is 27.0. The quantitative estimate of drug-likeness (QED) is 0.749. The van der Waals surface area contributed by atoms with Gasteiger partial charge in [-0.05, 0) is 56.0 Å². The van der Waals surface area contributed by atoms with Gasteiger partial charge < -0.3 is 20.3 Å². The van der Waals surface area contributed by atoms with E-state index in [-0.39, 0.29) is 17.9 Å². The third-order valence-corrected chi connectivity index (χ3v) is 5.57. The number of anilines is 2. The zero-order chi connectivity index (χ0) is 21.0. The van der Waals surface area contributed by atoms with Crippen LogP contribution < -0.4 is 15.4 Å². The van der Waals surface area contributed by atoms with Gasteiger partial charge >= 0.3 is 6.03 Å². The Hall–Kier alpha value is -2.73. The number of hydrogen-bond donors (Lipinski definition) is 2. The number of carbonyl (C=O) groups is 2. The van der Waals surface area contributed by atoms with Crippen molar-refractivity contribution in [1.82, 2.24) is 4.90 Å². The number of hydrogen-bond acceptors (Lipinski definition) is 3. The Kier molecular flexibility index (Phi) is 6.64. The lowest BCUT2D eigenvalue weighted by Gasteiger charge is -2.31. The van der Waals surface area contributed by atoms with Crippen molar-refractivity contribution in [3.63, 3.8) is 0 Å². The maximum Gasteiger partial charge on any atom is 0.321 e. The summed E-state index contributed by atoms with van der Waals surface area (Å²) in [6, 6.07) is 11.1. The first-order valence-electron chi connectivity index (χ1n) is 9.65. The molecule has 3 amide bonds. The third-order valence-electron chi connectivity index (χ3n) is 5.16. The highest BCUT2D eigenvalue weighted by Crippen LogP contribution is 2.32. The fourth-order valence-corrected chi connectivity index (χ4v) is 3.59. The number of halogens is 1. The van der Waals surface area contributed by atoms with Crippen molar-refractivity contribution < 1.29 is 14.3 Å². The van der Waals surface area contributed by atoms with Crippen LogP contribution in [0.4, 0.5) is 16.2 Å². The zero-order valence-corrected chi connectivity index (χ0v) is 17.7. The monoisotopic (exact) mass is 415 g/mol. The molecule has 0 aromatic heterocycles. The number of nitrogens with zero attached hydrogens (tertiary/aromatic N) is 1. The number of likely N-dealkylation sites (tertiary alicyclic amines) is 1. The molecule has 1 fully saturated rings. The molecule has 0 radical (unpaired) electrons. The van der Waals surface area contributed by atoms with E-state index in [1.54, 1.807) is 18.1 Å². The van der Waals surface area contributed by atoms with Crippen LogP contribution in [0.3, 0.4) is 0 Å². The van der Waals surface area contributed by atoms with Gasteiger partial charge in [0.15, 0.2) is 0 Å². The Morgan fingerprint density at radius 1 is 1.10 bits per heavy atom. The molecule has 1 aliphatic rings. The Morgan fingerprint density at radius 3 is 2.48 bits per heavy atom. The molecular formula is C22H26ClN3O3. The molecule has 0 saturated carbocycles. The van der Waals surface area contributed by atoms with E-state index in [0.29, 0.717) is 42.4 Å². The average molecular weight is 416 g/mol. The van der Waals surface area contributed by atoms with Crippen LogP contribution in [0.25, 0.3) is 0 Å². The van der Waals surface area contributed by atoms with E-state index in [1.165, 1.54) is 0 Å². The van der Waals surface area contributed by atoms with Crippen molar-refractivity contribution in [3.05, 3.63) is 52.5 Å². The number of amides is 3. The molecule has 0 spiro atoms. The molecule has 2 aromatic carbocycles. The maximum absolute atomic E-state index is 12.7. The Morgan fingerprint density at radius 2 is 1.83 bits per heavy atom. The second-order valence-corrected chi connectivity index (χ2v) is 7.76. The standard InChI is InChI=1S/C22H26ClN3O3/c1-14-5-4-6-17(11-14)24-22(28)26-9-7-16(8-10-26)21(27)25-19-12-15(2)18(23)13-20(19)29-3/h4-6,11-13,16H,7-10H2,1-3H3,(H,24,28)(H,25,27). The average Bonchev–Trinajstić information content (AvgIpc) is 2.70. The lowest BCUT2D eigenvalue weighted by molar-refractivity contribution is -0.121. The first-order chi connectivity index (χ1) is 13.9. The van der Waals surface area contributed by atoms with Crippen LogP contribution in [-0.4, -0.2) is 37.0 Å². The van der Waals surface area contributed by atoms with Gasteiger partial charge in [0.1, 0.15) is 5.75 Å². The van der Waals surface area contributed by atoms with Gasteiger partial charge in [-0.3, -0.25) is 4.79 Å². The van der Waals surface area contributed by atoms with Gasteiger partial charge in [0.25, 0.3) is 0 Å². The topological polar surface area (TPSA) is 70.7 Å². The first-order valence-corrected chi connectivity index (χ1v) is 10.0. The molecule has 0 bridgehead atoms. The van der Waals surface area contributed by atoms with Gasteiger partial charge in [0.05, 0.1) is 12.8 Å². The van der Waals surface area contributed by atoms with Crippen LogP contribution in [0.5, 0.6) is 5.75 Å². The van der Waals surface area contributed by atoms with Crippen LogP contribution in [-0.2, 0) is 4.79 Å². The molecule has 0 aliphatic carbocycles. The molecule has 3 rings (SSSR count). The SMILES string of the molecule is COc1cc(Cl)c(C)cc1NC(=O)C1CCN(C(=O)Nc2cccc(C)c2)CC1. The van der Waals surface area contributed by atoms with Crippen molar-refractivity contribution in [2.45, 2.75) is 26.7 Å². The smallest absolute Gasteiger partial charge is 0.321 e. The number of urea groups is 1. The summed E-state index contributed by atoms with van der Waals surface area (Å²) in [5.74, 6) is 0.311. The molecule has 6 nitrogen and oxygen atoms in total. The fourth-order valence-electron chi connectivity index (χ4n) is 3.43. The molecular weight excluding hydrogens is 390 g/mol. The summed E-state index contributed by atoms with van der Waals surface area (Å²) in [5.41, 5.74) is 3.34. The highest BCUT2D eigenvalue weighted by atomic mass is 35.5. The van der Waals surface area contributed by atoms with Gasteiger partial charge in [-0.15, -0.1) is 0 Å². The van der Waals surface area contributed by atoms with Crippen LogP contribution in [0.15, 0.2) is 36.4 Å². The lowest BCUT2D eigenvalue weighted by Crippen LogP contribution is -2.43. The van der Waals surface area contributed by atoms with E-state index in [0.717, 1.165) is 16.8 Å².